The number of hydrogen-bond acceptors (Lipinski definition) is 1. The zero-order valence-corrected chi connectivity index (χ0v) is 8.86. The van der Waals surface area contributed by atoms with E-state index in [0.29, 0.717) is 5.57 Å². The maximum absolute atomic E-state index is 11.3. The van der Waals surface area contributed by atoms with Crippen molar-refractivity contribution in [3.63, 3.8) is 0 Å². The number of carboxylic acid groups (broad SMARTS) is 1. The zero-order valence-electron chi connectivity index (χ0n) is 8.86. The van der Waals surface area contributed by atoms with Crippen molar-refractivity contribution in [2.75, 3.05) is 0 Å². The number of hydrogen-bond donors (Lipinski definition) is 1. The summed E-state index contributed by atoms with van der Waals surface area (Å²) in [4.78, 5) is 11.3. The van der Waals surface area contributed by atoms with Crippen molar-refractivity contribution in [1.82, 2.24) is 0 Å². The monoisotopic (exact) mass is 212 g/mol. The van der Waals surface area contributed by atoms with E-state index in [-0.39, 0.29) is 0 Å². The maximum Gasteiger partial charge on any atom is 0.336 e. The van der Waals surface area contributed by atoms with Gasteiger partial charge in [-0.1, -0.05) is 41.5 Å². The van der Waals surface area contributed by atoms with Gasteiger partial charge in [0.1, 0.15) is 0 Å². The van der Waals surface area contributed by atoms with Crippen LogP contribution in [0.1, 0.15) is 24.8 Å². The van der Waals surface area contributed by atoms with Gasteiger partial charge >= 0.3 is 5.97 Å². The Morgan fingerprint density at radius 3 is 2.44 bits per heavy atom. The van der Waals surface area contributed by atoms with Crippen LogP contribution in [0, 0.1) is 0 Å². The van der Waals surface area contributed by atoms with Crippen molar-refractivity contribution in [2.45, 2.75) is 19.3 Å². The van der Waals surface area contributed by atoms with Crippen molar-refractivity contribution >= 4 is 11.5 Å². The first-order valence-corrected chi connectivity index (χ1v) is 5.50. The fourth-order valence-electron chi connectivity index (χ4n) is 2.73. The molecule has 2 heteroatoms. The average molecular weight is 212 g/mol. The van der Waals surface area contributed by atoms with Crippen molar-refractivity contribution in [3.8, 4) is 0 Å². The molecule has 0 aliphatic heterocycles. The molecule has 0 spiro atoms. The molecule has 1 saturated carbocycles. The van der Waals surface area contributed by atoms with Crippen LogP contribution >= 0.6 is 0 Å². The van der Waals surface area contributed by atoms with Gasteiger partial charge in [-0.2, -0.15) is 0 Å². The molecule has 80 valence electrons. The van der Waals surface area contributed by atoms with Crippen LogP contribution in [0.3, 0.4) is 0 Å². The van der Waals surface area contributed by atoms with Gasteiger partial charge in [0.15, 0.2) is 0 Å². The molecule has 1 aromatic rings. The van der Waals surface area contributed by atoms with Crippen LogP contribution in [0.5, 0.6) is 0 Å². The molecule has 0 unspecified atom stereocenters. The van der Waals surface area contributed by atoms with Gasteiger partial charge in [0.25, 0.3) is 0 Å². The van der Waals surface area contributed by atoms with Crippen molar-refractivity contribution in [1.29, 1.82) is 0 Å². The van der Waals surface area contributed by atoms with Crippen LogP contribution in [0.4, 0.5) is 0 Å². The lowest BCUT2D eigenvalue weighted by molar-refractivity contribution is -0.132. The van der Waals surface area contributed by atoms with E-state index >= 15 is 0 Å². The second-order valence-electron chi connectivity index (χ2n) is 4.31. The molecule has 1 aromatic carbocycles. The summed E-state index contributed by atoms with van der Waals surface area (Å²) in [6.07, 6.45) is 2.86. The topological polar surface area (TPSA) is 37.3 Å². The van der Waals surface area contributed by atoms with Crippen LogP contribution in [-0.4, -0.2) is 11.1 Å². The fourth-order valence-corrected chi connectivity index (χ4v) is 2.73. The highest BCUT2D eigenvalue weighted by Gasteiger charge is 2.33. The Labute approximate surface area is 93.9 Å². The molecule has 2 aliphatic rings. The minimum absolute atomic E-state index is 0.562. The third-order valence-corrected chi connectivity index (χ3v) is 3.39. The van der Waals surface area contributed by atoms with Gasteiger partial charge in [-0.15, -0.1) is 0 Å². The Balaban J connectivity index is 2.15. The maximum atomic E-state index is 11.3. The zero-order chi connectivity index (χ0) is 11.1. The highest BCUT2D eigenvalue weighted by molar-refractivity contribution is 6.09. The van der Waals surface area contributed by atoms with Gasteiger partial charge in [-0.3, -0.25) is 0 Å². The van der Waals surface area contributed by atoms with Crippen molar-refractivity contribution < 1.29 is 9.90 Å². The Kier molecular flexibility index (Phi) is 1.96. The number of carboxylic acids is 1. The number of aliphatic carboxylic acids is 1. The van der Waals surface area contributed by atoms with E-state index in [1.54, 1.807) is 0 Å². The molecule has 0 saturated heterocycles. The predicted molar refractivity (Wildman–Crippen MR) is 61.9 cm³/mol. The van der Waals surface area contributed by atoms with E-state index in [0.717, 1.165) is 36.0 Å². The van der Waals surface area contributed by atoms with E-state index in [1.165, 1.54) is 5.57 Å². The number of allylic oxidation sites excluding steroid dienone is 2. The Hall–Kier alpha value is -1.83. The largest absolute Gasteiger partial charge is 0.478 e. The van der Waals surface area contributed by atoms with Gasteiger partial charge in [-0.25, -0.2) is 4.79 Å². The Bertz CT molecular complexity index is 521. The molecule has 1 N–H and O–H groups in total. The van der Waals surface area contributed by atoms with Crippen LogP contribution in [0.15, 0.2) is 47.1 Å². The summed E-state index contributed by atoms with van der Waals surface area (Å²) >= 11 is 0. The van der Waals surface area contributed by atoms with Crippen LogP contribution in [-0.2, 0) is 4.79 Å². The summed E-state index contributed by atoms with van der Waals surface area (Å²) in [7, 11) is 0. The van der Waals surface area contributed by atoms with Crippen LogP contribution in [0.2, 0.25) is 0 Å². The van der Waals surface area contributed by atoms with Crippen LogP contribution in [0.25, 0.3) is 5.57 Å². The van der Waals surface area contributed by atoms with Gasteiger partial charge in [0.05, 0.1) is 5.57 Å². The molecule has 2 aliphatic carbocycles. The third-order valence-electron chi connectivity index (χ3n) is 3.39. The lowest BCUT2D eigenvalue weighted by Crippen LogP contribution is -2.05. The van der Waals surface area contributed by atoms with Gasteiger partial charge in [-0.05, 0) is 30.4 Å². The van der Waals surface area contributed by atoms with E-state index in [9.17, 15) is 9.90 Å². The highest BCUT2D eigenvalue weighted by atomic mass is 16.4. The van der Waals surface area contributed by atoms with Crippen LogP contribution < -0.4 is 0 Å². The first kappa shape index (κ1) is 9.40. The SMILES string of the molecule is O=C(O)C1=C2CCC(=C1c1ccccc1)C2. The molecule has 0 atom stereocenters. The number of rotatable bonds is 2. The second-order valence-corrected chi connectivity index (χ2v) is 4.31. The summed E-state index contributed by atoms with van der Waals surface area (Å²) in [5, 5.41) is 9.28. The average Bonchev–Trinajstić information content (AvgIpc) is 2.89. The normalized spacial score (nSPS) is 18.5. The summed E-state index contributed by atoms with van der Waals surface area (Å²) in [6.45, 7) is 0. The molecule has 0 heterocycles. The second kappa shape index (κ2) is 3.34. The molecule has 3 rings (SSSR count). The first-order valence-electron chi connectivity index (χ1n) is 5.50. The van der Waals surface area contributed by atoms with Gasteiger partial charge < -0.3 is 5.11 Å². The summed E-state index contributed by atoms with van der Waals surface area (Å²) < 4.78 is 0. The lowest BCUT2D eigenvalue weighted by Gasteiger charge is -2.12. The minimum atomic E-state index is -0.774. The van der Waals surface area contributed by atoms with Gasteiger partial charge in [0.2, 0.25) is 0 Å². The molecule has 0 radical (unpaired) electrons. The van der Waals surface area contributed by atoms with Crippen molar-refractivity contribution in [2.24, 2.45) is 0 Å². The molecule has 0 amide bonds. The van der Waals surface area contributed by atoms with E-state index < -0.39 is 5.97 Å². The Morgan fingerprint density at radius 1 is 1.06 bits per heavy atom. The number of benzene rings is 1. The quantitative estimate of drug-likeness (QED) is 0.818. The summed E-state index contributed by atoms with van der Waals surface area (Å²) in [5.74, 6) is -0.774. The van der Waals surface area contributed by atoms with Gasteiger partial charge in [0, 0.05) is 0 Å². The number of fused-ring (bicyclic) bond motifs is 2. The molecular formula is C14H12O2. The van der Waals surface area contributed by atoms with E-state index in [1.807, 2.05) is 30.3 Å². The smallest absolute Gasteiger partial charge is 0.336 e. The van der Waals surface area contributed by atoms with Crippen molar-refractivity contribution in [3.05, 3.63) is 52.6 Å². The third kappa shape index (κ3) is 1.23. The minimum Gasteiger partial charge on any atom is -0.478 e. The summed E-state index contributed by atoms with van der Waals surface area (Å²) in [5.41, 5.74) is 5.01. The Morgan fingerprint density at radius 2 is 1.75 bits per heavy atom. The molecular weight excluding hydrogens is 200 g/mol. The number of carbonyl (C=O) groups is 1. The first-order chi connectivity index (χ1) is 7.77. The lowest BCUT2D eigenvalue weighted by atomic mass is 9.92. The fraction of sp³-hybridized carbons (Fsp3) is 0.214. The molecule has 2 nitrogen and oxygen atoms in total. The molecule has 2 bridgehead atoms. The summed E-state index contributed by atoms with van der Waals surface area (Å²) in [6, 6.07) is 9.85. The molecule has 1 fully saturated rings. The van der Waals surface area contributed by atoms with E-state index in [4.69, 9.17) is 0 Å². The predicted octanol–water partition coefficient (Wildman–Crippen LogP) is 3.02. The van der Waals surface area contributed by atoms with E-state index in [2.05, 4.69) is 0 Å². The molecule has 16 heavy (non-hydrogen) atoms. The standard InChI is InChI=1S/C14H12O2/c15-14(16)13-11-7-6-10(8-11)12(13)9-4-2-1-3-5-9/h1-5H,6-8H2,(H,15,16). The highest BCUT2D eigenvalue weighted by Crippen LogP contribution is 2.48. The molecule has 0 aromatic heterocycles.